The molecule has 9 atom stereocenters. The van der Waals surface area contributed by atoms with Gasteiger partial charge in [-0.2, -0.15) is 0 Å². The van der Waals surface area contributed by atoms with Crippen molar-refractivity contribution < 1.29 is 14.6 Å². The number of aliphatic hydroxyl groups is 1. The van der Waals surface area contributed by atoms with Crippen LogP contribution in [0.25, 0.3) is 0 Å². The second kappa shape index (κ2) is 8.93. The molecule has 0 radical (unpaired) electrons. The number of carbonyl (C=O) groups is 1. The van der Waals surface area contributed by atoms with Gasteiger partial charge < -0.3 is 9.84 Å². The van der Waals surface area contributed by atoms with Crippen molar-refractivity contribution in [2.24, 2.45) is 51.2 Å². The highest BCUT2D eigenvalue weighted by molar-refractivity contribution is 5.71. The molecule has 0 aromatic carbocycles. The largest absolute Gasteiger partial charge is 0.469 e. The Kier molecular flexibility index (Phi) is 6.89. The number of rotatable bonds is 6. The number of aliphatic hydroxyl groups excluding tert-OH is 1. The molecule has 4 aliphatic carbocycles. The molecule has 34 heavy (non-hydrogen) atoms. The summed E-state index contributed by atoms with van der Waals surface area (Å²) < 4.78 is 4.92. The molecule has 0 unspecified atom stereocenters. The first-order valence-corrected chi connectivity index (χ1v) is 14.3. The van der Waals surface area contributed by atoms with Crippen LogP contribution >= 0.6 is 0 Å². The molecule has 1 N–H and O–H groups in total. The molecule has 0 aliphatic heterocycles. The second-order valence-electron chi connectivity index (χ2n) is 14.1. The first-order chi connectivity index (χ1) is 15.8. The van der Waals surface area contributed by atoms with E-state index in [0.717, 1.165) is 31.6 Å². The maximum absolute atomic E-state index is 11.8. The number of methoxy groups -OCH3 is 1. The van der Waals surface area contributed by atoms with Crippen LogP contribution in [-0.4, -0.2) is 24.3 Å². The minimum atomic E-state index is -0.163. The predicted molar refractivity (Wildman–Crippen MR) is 139 cm³/mol. The molecule has 0 amide bonds. The van der Waals surface area contributed by atoms with Crippen LogP contribution in [0.15, 0.2) is 11.6 Å². The minimum Gasteiger partial charge on any atom is -0.469 e. The summed E-state index contributed by atoms with van der Waals surface area (Å²) in [6.07, 6.45) is 14.4. The van der Waals surface area contributed by atoms with Crippen LogP contribution in [0.2, 0.25) is 0 Å². The quantitative estimate of drug-likeness (QED) is 0.320. The molecule has 0 heterocycles. The van der Waals surface area contributed by atoms with Crippen molar-refractivity contribution in [3.8, 4) is 0 Å². The molecular weight excluding hydrogens is 420 g/mol. The number of carbonyl (C=O) groups excluding carboxylic acids is 1. The average molecular weight is 473 g/mol. The van der Waals surface area contributed by atoms with Crippen LogP contribution in [-0.2, 0) is 9.53 Å². The summed E-state index contributed by atoms with van der Waals surface area (Å²) in [7, 11) is 1.50. The smallest absolute Gasteiger partial charge is 0.308 e. The van der Waals surface area contributed by atoms with Crippen LogP contribution in [0.5, 0.6) is 0 Å². The van der Waals surface area contributed by atoms with E-state index in [2.05, 4.69) is 47.6 Å². The molecule has 3 fully saturated rings. The van der Waals surface area contributed by atoms with E-state index in [1.165, 1.54) is 45.6 Å². The number of allylic oxidation sites excluding steroid dienone is 2. The number of ether oxygens (including phenoxy) is 1. The van der Waals surface area contributed by atoms with Gasteiger partial charge in [0.25, 0.3) is 0 Å². The van der Waals surface area contributed by atoms with E-state index in [1.54, 1.807) is 5.57 Å². The zero-order valence-corrected chi connectivity index (χ0v) is 23.4. The SMILES string of the molecule is COC(=O)[C@H](C)CCC[C@@H](C)[C@@H]1CC[C@]2(C)C3=CC[C@H]4C(C)(C)[C@@H](O)CC[C@]4(C)[C@@H]3CC[C@@]12C. The second-order valence-corrected chi connectivity index (χ2v) is 14.1. The van der Waals surface area contributed by atoms with Crippen LogP contribution < -0.4 is 0 Å². The third kappa shape index (κ3) is 3.73. The highest BCUT2D eigenvalue weighted by Gasteiger charge is 2.65. The van der Waals surface area contributed by atoms with Crippen molar-refractivity contribution in [2.75, 3.05) is 7.11 Å². The van der Waals surface area contributed by atoms with Gasteiger partial charge in [-0.15, -0.1) is 0 Å². The Labute approximate surface area is 209 Å². The summed E-state index contributed by atoms with van der Waals surface area (Å²) in [6.45, 7) is 16.9. The summed E-state index contributed by atoms with van der Waals surface area (Å²) >= 11 is 0. The van der Waals surface area contributed by atoms with Crippen LogP contribution in [0.3, 0.4) is 0 Å². The van der Waals surface area contributed by atoms with E-state index in [4.69, 9.17) is 4.74 Å². The molecule has 4 aliphatic rings. The fraction of sp³-hybridized carbons (Fsp3) is 0.903. The summed E-state index contributed by atoms with van der Waals surface area (Å²) in [4.78, 5) is 11.8. The zero-order valence-electron chi connectivity index (χ0n) is 23.4. The maximum atomic E-state index is 11.8. The molecule has 0 saturated heterocycles. The normalized spacial score (nSPS) is 44.8. The number of fused-ring (bicyclic) bond motifs is 5. The van der Waals surface area contributed by atoms with Gasteiger partial charge in [-0.1, -0.05) is 73.0 Å². The monoisotopic (exact) mass is 472 g/mol. The molecule has 3 saturated carbocycles. The zero-order chi connectivity index (χ0) is 25.1. The lowest BCUT2D eigenvalue weighted by Gasteiger charge is -2.64. The van der Waals surface area contributed by atoms with Crippen molar-refractivity contribution in [3.05, 3.63) is 11.6 Å². The van der Waals surface area contributed by atoms with E-state index in [0.29, 0.717) is 34.0 Å². The van der Waals surface area contributed by atoms with E-state index >= 15 is 0 Å². The Morgan fingerprint density at radius 3 is 2.44 bits per heavy atom. The van der Waals surface area contributed by atoms with E-state index in [1.807, 2.05) is 6.92 Å². The molecule has 194 valence electrons. The molecule has 0 aromatic rings. The van der Waals surface area contributed by atoms with Gasteiger partial charge >= 0.3 is 5.97 Å². The minimum absolute atomic E-state index is 0.00471. The molecule has 0 spiro atoms. The number of esters is 1. The maximum Gasteiger partial charge on any atom is 0.308 e. The Balaban J connectivity index is 1.52. The average Bonchev–Trinajstić information content (AvgIpc) is 3.07. The Morgan fingerprint density at radius 2 is 1.76 bits per heavy atom. The number of hydrogen-bond donors (Lipinski definition) is 1. The summed E-state index contributed by atoms with van der Waals surface area (Å²) in [5, 5.41) is 10.8. The lowest BCUT2D eigenvalue weighted by molar-refractivity contribution is -0.145. The molecule has 0 aromatic heterocycles. The Morgan fingerprint density at radius 1 is 1.06 bits per heavy atom. The molecule has 4 rings (SSSR count). The van der Waals surface area contributed by atoms with Gasteiger partial charge in [0.1, 0.15) is 0 Å². The van der Waals surface area contributed by atoms with Crippen LogP contribution in [0.1, 0.15) is 113 Å². The number of hydrogen-bond acceptors (Lipinski definition) is 3. The van der Waals surface area contributed by atoms with E-state index in [-0.39, 0.29) is 23.4 Å². The van der Waals surface area contributed by atoms with Crippen molar-refractivity contribution in [3.63, 3.8) is 0 Å². The fourth-order valence-electron chi connectivity index (χ4n) is 9.92. The fourth-order valence-corrected chi connectivity index (χ4v) is 9.92. The summed E-state index contributed by atoms with van der Waals surface area (Å²) in [6, 6.07) is 0. The Hall–Kier alpha value is -0.830. The van der Waals surface area contributed by atoms with Gasteiger partial charge in [0.05, 0.1) is 19.1 Å². The van der Waals surface area contributed by atoms with Crippen molar-refractivity contribution in [1.82, 2.24) is 0 Å². The van der Waals surface area contributed by atoms with Gasteiger partial charge in [0.2, 0.25) is 0 Å². The van der Waals surface area contributed by atoms with Crippen molar-refractivity contribution >= 4 is 5.97 Å². The van der Waals surface area contributed by atoms with E-state index < -0.39 is 0 Å². The van der Waals surface area contributed by atoms with Gasteiger partial charge in [0, 0.05) is 0 Å². The van der Waals surface area contributed by atoms with Gasteiger partial charge in [-0.25, -0.2) is 0 Å². The Bertz CT molecular complexity index is 813. The van der Waals surface area contributed by atoms with Gasteiger partial charge in [-0.05, 0) is 96.7 Å². The molecular formula is C31H52O3. The van der Waals surface area contributed by atoms with Crippen LogP contribution in [0.4, 0.5) is 0 Å². The molecule has 3 nitrogen and oxygen atoms in total. The van der Waals surface area contributed by atoms with Crippen molar-refractivity contribution in [2.45, 2.75) is 119 Å². The highest BCUT2D eigenvalue weighted by Crippen LogP contribution is 2.73. The topological polar surface area (TPSA) is 46.5 Å². The third-order valence-corrected chi connectivity index (χ3v) is 12.5. The summed E-state index contributed by atoms with van der Waals surface area (Å²) in [5.41, 5.74) is 2.80. The lowest BCUT2D eigenvalue weighted by atomic mass is 9.41. The first kappa shape index (κ1) is 26.2. The third-order valence-electron chi connectivity index (χ3n) is 12.5. The molecule has 0 bridgehead atoms. The summed E-state index contributed by atoms with van der Waals surface area (Å²) in [5.74, 6) is 2.68. The predicted octanol–water partition coefficient (Wildman–Crippen LogP) is 7.57. The van der Waals surface area contributed by atoms with Crippen molar-refractivity contribution in [1.29, 1.82) is 0 Å². The molecule has 3 heteroatoms. The highest BCUT2D eigenvalue weighted by atomic mass is 16.5. The van der Waals surface area contributed by atoms with Gasteiger partial charge in [-0.3, -0.25) is 4.79 Å². The van der Waals surface area contributed by atoms with Crippen LogP contribution in [0, 0.1) is 51.2 Å². The standard InChI is InChI=1S/C31H52O3/c1-20(10-9-11-21(2)27(33)34-8)22-14-18-31(7)24-12-13-25-28(3,4)26(32)16-17-29(25,5)23(24)15-19-30(22,31)6/h12,20-23,25-26,32H,9-11,13-19H2,1-8H3/t20-,21-,22+,23-,25+,26+,29-,30+,31-/m1/s1. The van der Waals surface area contributed by atoms with Gasteiger partial charge in [0.15, 0.2) is 0 Å². The first-order valence-electron chi connectivity index (χ1n) is 14.3. The van der Waals surface area contributed by atoms with E-state index in [9.17, 15) is 9.90 Å². The lowest BCUT2D eigenvalue weighted by Crippen LogP contribution is -2.58.